The topological polar surface area (TPSA) is 103 Å². The average Bonchev–Trinajstić information content (AvgIpc) is 3.15. The van der Waals surface area contributed by atoms with E-state index in [1.165, 1.54) is 7.11 Å². The van der Waals surface area contributed by atoms with E-state index >= 15 is 0 Å². The van der Waals surface area contributed by atoms with E-state index < -0.39 is 29.6 Å². The molecule has 1 aromatic carbocycles. The molecule has 0 fully saturated rings. The van der Waals surface area contributed by atoms with E-state index in [0.717, 1.165) is 5.56 Å². The monoisotopic (exact) mass is 456 g/mol. The first-order chi connectivity index (χ1) is 15.5. The lowest BCUT2D eigenvalue weighted by Gasteiger charge is -2.31. The van der Waals surface area contributed by atoms with Crippen LogP contribution in [-0.2, 0) is 27.4 Å². The van der Waals surface area contributed by atoms with Crippen molar-refractivity contribution >= 4 is 18.0 Å². The zero-order valence-electron chi connectivity index (χ0n) is 20.0. The summed E-state index contributed by atoms with van der Waals surface area (Å²) in [4.78, 5) is 44.4. The van der Waals surface area contributed by atoms with Crippen molar-refractivity contribution < 1.29 is 23.9 Å². The highest BCUT2D eigenvalue weighted by Crippen LogP contribution is 2.27. The van der Waals surface area contributed by atoms with Gasteiger partial charge in [0.25, 0.3) is 5.91 Å². The standard InChI is InChI=1S/C24H32N4O5/c1-15(2)18(22(30)32-6)26-21(29)19-17-14-27(23(31)33-24(3,4)5)12-13-28(17)20(25-19)16-10-8-7-9-11-16/h7-11,15,18H,12-14H2,1-6H3,(H,26,29)/t18-/m0/s1. The molecule has 0 unspecified atom stereocenters. The minimum atomic E-state index is -0.814. The van der Waals surface area contributed by atoms with Gasteiger partial charge >= 0.3 is 12.1 Å². The van der Waals surface area contributed by atoms with Gasteiger partial charge in [-0.05, 0) is 26.7 Å². The second kappa shape index (κ2) is 9.64. The smallest absolute Gasteiger partial charge is 0.410 e. The van der Waals surface area contributed by atoms with Crippen LogP contribution in [0, 0.1) is 5.92 Å². The Bertz CT molecular complexity index is 1020. The number of hydrogen-bond acceptors (Lipinski definition) is 6. The maximum Gasteiger partial charge on any atom is 0.410 e. The van der Waals surface area contributed by atoms with Gasteiger partial charge in [-0.2, -0.15) is 0 Å². The quantitative estimate of drug-likeness (QED) is 0.693. The van der Waals surface area contributed by atoms with Gasteiger partial charge in [-0.25, -0.2) is 14.6 Å². The van der Waals surface area contributed by atoms with Gasteiger partial charge in [-0.1, -0.05) is 44.2 Å². The number of aromatic nitrogens is 2. The molecule has 0 saturated carbocycles. The fourth-order valence-electron chi connectivity index (χ4n) is 3.67. The Balaban J connectivity index is 1.98. The Kier molecular flexibility index (Phi) is 7.09. The van der Waals surface area contributed by atoms with Crippen molar-refractivity contribution in [3.05, 3.63) is 41.7 Å². The van der Waals surface area contributed by atoms with Gasteiger partial charge in [0.15, 0.2) is 5.69 Å². The highest BCUT2D eigenvalue weighted by molar-refractivity contribution is 5.97. The predicted octanol–water partition coefficient (Wildman–Crippen LogP) is 3.23. The third-order valence-corrected chi connectivity index (χ3v) is 5.31. The van der Waals surface area contributed by atoms with Crippen LogP contribution < -0.4 is 5.32 Å². The van der Waals surface area contributed by atoms with E-state index in [1.54, 1.807) is 4.90 Å². The zero-order valence-corrected chi connectivity index (χ0v) is 20.0. The summed E-state index contributed by atoms with van der Waals surface area (Å²) in [6, 6.07) is 8.74. The summed E-state index contributed by atoms with van der Waals surface area (Å²) in [6.07, 6.45) is -0.447. The number of carbonyl (C=O) groups is 3. The van der Waals surface area contributed by atoms with Crippen molar-refractivity contribution in [2.75, 3.05) is 13.7 Å². The van der Waals surface area contributed by atoms with Gasteiger partial charge in [-0.3, -0.25) is 4.79 Å². The zero-order chi connectivity index (χ0) is 24.3. The minimum Gasteiger partial charge on any atom is -0.467 e. The van der Waals surface area contributed by atoms with Crippen molar-refractivity contribution in [3.63, 3.8) is 0 Å². The minimum absolute atomic E-state index is 0.169. The number of fused-ring (bicyclic) bond motifs is 1. The van der Waals surface area contributed by atoms with Gasteiger partial charge < -0.3 is 24.3 Å². The molecule has 1 aromatic heterocycles. The number of nitrogens with one attached hydrogen (secondary N) is 1. The number of imidazole rings is 1. The van der Waals surface area contributed by atoms with Crippen LogP contribution in [0.1, 0.15) is 50.8 Å². The molecular formula is C24H32N4O5. The summed E-state index contributed by atoms with van der Waals surface area (Å²) in [5.74, 6) is -0.549. The fraction of sp³-hybridized carbons (Fsp3) is 0.500. The lowest BCUT2D eigenvalue weighted by Crippen LogP contribution is -2.46. The molecular weight excluding hydrogens is 424 g/mol. The molecule has 0 bridgehead atoms. The molecule has 0 radical (unpaired) electrons. The predicted molar refractivity (Wildman–Crippen MR) is 122 cm³/mol. The molecule has 178 valence electrons. The number of methoxy groups -OCH3 is 1. The molecule has 1 aliphatic heterocycles. The third-order valence-electron chi connectivity index (χ3n) is 5.31. The van der Waals surface area contributed by atoms with Crippen molar-refractivity contribution in [1.29, 1.82) is 0 Å². The molecule has 2 aromatic rings. The molecule has 0 spiro atoms. The molecule has 9 heteroatoms. The number of ether oxygens (including phenoxy) is 2. The highest BCUT2D eigenvalue weighted by Gasteiger charge is 2.34. The number of benzene rings is 1. The molecule has 1 atom stereocenters. The number of nitrogens with zero attached hydrogens (tertiary/aromatic N) is 3. The summed E-state index contributed by atoms with van der Waals surface area (Å²) in [7, 11) is 1.29. The molecule has 1 N–H and O–H groups in total. The van der Waals surface area contributed by atoms with E-state index in [9.17, 15) is 14.4 Å². The summed E-state index contributed by atoms with van der Waals surface area (Å²) in [5, 5.41) is 2.76. The lowest BCUT2D eigenvalue weighted by molar-refractivity contribution is -0.144. The van der Waals surface area contributed by atoms with Crippen LogP contribution in [0.5, 0.6) is 0 Å². The second-order valence-electron chi connectivity index (χ2n) is 9.37. The summed E-state index contributed by atoms with van der Waals surface area (Å²) in [5.41, 5.74) is 0.999. The molecule has 0 aliphatic carbocycles. The number of amides is 2. The summed E-state index contributed by atoms with van der Waals surface area (Å²) in [6.45, 7) is 10.1. The van der Waals surface area contributed by atoms with Gasteiger partial charge in [0.05, 0.1) is 19.3 Å². The first-order valence-corrected chi connectivity index (χ1v) is 11.0. The van der Waals surface area contributed by atoms with Gasteiger partial charge in [0, 0.05) is 18.7 Å². The average molecular weight is 457 g/mol. The normalized spacial score (nSPS) is 14.5. The van der Waals surface area contributed by atoms with Crippen LogP contribution in [0.4, 0.5) is 4.79 Å². The largest absolute Gasteiger partial charge is 0.467 e. The fourth-order valence-corrected chi connectivity index (χ4v) is 3.67. The molecule has 3 rings (SSSR count). The van der Waals surface area contributed by atoms with Gasteiger partial charge in [-0.15, -0.1) is 0 Å². The van der Waals surface area contributed by atoms with Crippen molar-refractivity contribution in [3.8, 4) is 11.4 Å². The van der Waals surface area contributed by atoms with Crippen molar-refractivity contribution in [1.82, 2.24) is 19.8 Å². The van der Waals surface area contributed by atoms with Crippen LogP contribution in [0.3, 0.4) is 0 Å². The Morgan fingerprint density at radius 1 is 1.09 bits per heavy atom. The van der Waals surface area contributed by atoms with Crippen LogP contribution in [0.25, 0.3) is 11.4 Å². The van der Waals surface area contributed by atoms with Crippen molar-refractivity contribution in [2.24, 2.45) is 5.92 Å². The number of esters is 1. The van der Waals surface area contributed by atoms with E-state index in [0.29, 0.717) is 24.6 Å². The second-order valence-corrected chi connectivity index (χ2v) is 9.37. The molecule has 0 saturated heterocycles. The summed E-state index contributed by atoms with van der Waals surface area (Å²) < 4.78 is 12.3. The molecule has 2 amide bonds. The van der Waals surface area contributed by atoms with Crippen LogP contribution >= 0.6 is 0 Å². The third kappa shape index (κ3) is 5.53. The Morgan fingerprint density at radius 3 is 2.33 bits per heavy atom. The first kappa shape index (κ1) is 24.3. The maximum atomic E-state index is 13.3. The molecule has 2 heterocycles. The number of carbonyl (C=O) groups excluding carboxylic acids is 3. The maximum absolute atomic E-state index is 13.3. The Morgan fingerprint density at radius 2 is 1.76 bits per heavy atom. The number of hydrogen-bond donors (Lipinski definition) is 1. The van der Waals surface area contributed by atoms with Crippen LogP contribution in [0.15, 0.2) is 30.3 Å². The van der Waals surface area contributed by atoms with Crippen LogP contribution in [-0.4, -0.2) is 57.7 Å². The van der Waals surface area contributed by atoms with Gasteiger partial charge in [0.2, 0.25) is 0 Å². The molecule has 33 heavy (non-hydrogen) atoms. The lowest BCUT2D eigenvalue weighted by atomic mass is 10.0. The number of rotatable bonds is 5. The molecule has 1 aliphatic rings. The van der Waals surface area contributed by atoms with E-state index in [-0.39, 0.29) is 18.2 Å². The SMILES string of the molecule is COC(=O)[C@@H](NC(=O)c1nc(-c2ccccc2)n2c1CN(C(=O)OC(C)(C)C)CC2)C(C)C. The van der Waals surface area contributed by atoms with Gasteiger partial charge in [0.1, 0.15) is 17.5 Å². The molecule has 9 nitrogen and oxygen atoms in total. The van der Waals surface area contributed by atoms with Crippen molar-refractivity contribution in [2.45, 2.75) is 59.4 Å². The first-order valence-electron chi connectivity index (χ1n) is 11.0. The van der Waals surface area contributed by atoms with Crippen LogP contribution in [0.2, 0.25) is 0 Å². The van der Waals surface area contributed by atoms with E-state index in [2.05, 4.69) is 10.3 Å². The Hall–Kier alpha value is -3.36. The Labute approximate surface area is 194 Å². The summed E-state index contributed by atoms with van der Waals surface area (Å²) >= 11 is 0. The van der Waals surface area contributed by atoms with E-state index in [4.69, 9.17) is 9.47 Å². The highest BCUT2D eigenvalue weighted by atomic mass is 16.6. The van der Waals surface area contributed by atoms with E-state index in [1.807, 2.05) is 69.5 Å².